The van der Waals surface area contributed by atoms with Crippen LogP contribution < -0.4 is 5.73 Å². The standard InChI is InChI=1S/C10H9N5/c11-9-5-6-12-15(9)10-13-7-3-1-2-4-8(7)14-10/h1-6H,11H2,(H,13,14). The van der Waals surface area contributed by atoms with Gasteiger partial charge in [0.2, 0.25) is 5.95 Å². The van der Waals surface area contributed by atoms with Crippen molar-refractivity contribution in [3.8, 4) is 5.95 Å². The predicted molar refractivity (Wildman–Crippen MR) is 57.6 cm³/mol. The van der Waals surface area contributed by atoms with E-state index in [-0.39, 0.29) is 0 Å². The highest BCUT2D eigenvalue weighted by Gasteiger charge is 2.06. The second-order valence-corrected chi connectivity index (χ2v) is 3.25. The Hall–Kier alpha value is -2.30. The second-order valence-electron chi connectivity index (χ2n) is 3.25. The van der Waals surface area contributed by atoms with Crippen molar-refractivity contribution < 1.29 is 0 Å². The van der Waals surface area contributed by atoms with Gasteiger partial charge in [-0.05, 0) is 12.1 Å². The van der Waals surface area contributed by atoms with Crippen molar-refractivity contribution in [3.05, 3.63) is 36.5 Å². The molecule has 0 fully saturated rings. The third-order valence-electron chi connectivity index (χ3n) is 2.25. The van der Waals surface area contributed by atoms with Gasteiger partial charge in [-0.2, -0.15) is 9.78 Å². The van der Waals surface area contributed by atoms with Gasteiger partial charge in [-0.25, -0.2) is 4.98 Å². The van der Waals surface area contributed by atoms with Crippen LogP contribution in [-0.2, 0) is 0 Å². The molecule has 0 amide bonds. The molecule has 1 aromatic carbocycles. The Morgan fingerprint density at radius 1 is 1.20 bits per heavy atom. The van der Waals surface area contributed by atoms with Crippen molar-refractivity contribution >= 4 is 16.9 Å². The minimum atomic E-state index is 0.564. The van der Waals surface area contributed by atoms with Crippen LogP contribution in [0.2, 0.25) is 0 Å². The average Bonchev–Trinajstić information content (AvgIpc) is 2.82. The smallest absolute Gasteiger partial charge is 0.230 e. The molecule has 3 N–H and O–H groups in total. The summed E-state index contributed by atoms with van der Waals surface area (Å²) in [5, 5.41) is 4.08. The number of para-hydroxylation sites is 2. The van der Waals surface area contributed by atoms with Gasteiger partial charge in [-0.1, -0.05) is 12.1 Å². The summed E-state index contributed by atoms with van der Waals surface area (Å²) in [4.78, 5) is 7.53. The molecule has 0 radical (unpaired) electrons. The van der Waals surface area contributed by atoms with E-state index in [0.29, 0.717) is 11.8 Å². The number of aromatic nitrogens is 4. The predicted octanol–water partition coefficient (Wildman–Crippen LogP) is 1.33. The van der Waals surface area contributed by atoms with Gasteiger partial charge >= 0.3 is 0 Å². The highest BCUT2D eigenvalue weighted by atomic mass is 15.4. The summed E-state index contributed by atoms with van der Waals surface area (Å²) in [6, 6.07) is 9.53. The summed E-state index contributed by atoms with van der Waals surface area (Å²) in [5.41, 5.74) is 7.61. The first kappa shape index (κ1) is 8.05. The van der Waals surface area contributed by atoms with E-state index in [0.717, 1.165) is 11.0 Å². The Morgan fingerprint density at radius 3 is 2.80 bits per heavy atom. The van der Waals surface area contributed by atoms with Crippen LogP contribution in [-0.4, -0.2) is 19.7 Å². The zero-order valence-electron chi connectivity index (χ0n) is 7.88. The minimum absolute atomic E-state index is 0.564. The molecule has 0 saturated carbocycles. The third-order valence-corrected chi connectivity index (χ3v) is 2.25. The number of nitrogens with zero attached hydrogens (tertiary/aromatic N) is 3. The summed E-state index contributed by atoms with van der Waals surface area (Å²) in [6.45, 7) is 0. The van der Waals surface area contributed by atoms with Gasteiger partial charge in [0.05, 0.1) is 17.2 Å². The number of anilines is 1. The number of nitrogen functional groups attached to an aromatic ring is 1. The van der Waals surface area contributed by atoms with Crippen molar-refractivity contribution in [1.82, 2.24) is 19.7 Å². The van der Waals surface area contributed by atoms with Gasteiger partial charge in [0.25, 0.3) is 0 Å². The fourth-order valence-corrected chi connectivity index (χ4v) is 1.53. The summed E-state index contributed by atoms with van der Waals surface area (Å²) in [7, 11) is 0. The molecular weight excluding hydrogens is 190 g/mol. The minimum Gasteiger partial charge on any atom is -0.383 e. The van der Waals surface area contributed by atoms with Crippen LogP contribution in [0, 0.1) is 0 Å². The average molecular weight is 199 g/mol. The van der Waals surface area contributed by atoms with Crippen LogP contribution in [0.4, 0.5) is 5.82 Å². The van der Waals surface area contributed by atoms with E-state index in [4.69, 9.17) is 5.73 Å². The SMILES string of the molecule is Nc1ccnn1-c1nc2ccccc2[nH]1. The van der Waals surface area contributed by atoms with Crippen LogP contribution in [0.5, 0.6) is 0 Å². The number of imidazole rings is 1. The molecule has 0 spiro atoms. The van der Waals surface area contributed by atoms with Gasteiger partial charge in [0.15, 0.2) is 0 Å². The van der Waals surface area contributed by atoms with Gasteiger partial charge in [-0.15, -0.1) is 0 Å². The molecule has 15 heavy (non-hydrogen) atoms. The lowest BCUT2D eigenvalue weighted by atomic mass is 10.3. The van der Waals surface area contributed by atoms with Crippen LogP contribution in [0.1, 0.15) is 0 Å². The number of nitrogens with one attached hydrogen (secondary N) is 1. The lowest BCUT2D eigenvalue weighted by Crippen LogP contribution is -2.02. The molecule has 2 heterocycles. The molecule has 0 aliphatic rings. The Labute approximate surface area is 85.5 Å². The van der Waals surface area contributed by atoms with Crippen molar-refractivity contribution in [2.24, 2.45) is 0 Å². The highest BCUT2D eigenvalue weighted by molar-refractivity contribution is 5.76. The third kappa shape index (κ3) is 1.17. The lowest BCUT2D eigenvalue weighted by Gasteiger charge is -1.96. The molecule has 2 aromatic heterocycles. The molecule has 0 atom stereocenters. The van der Waals surface area contributed by atoms with Crippen LogP contribution in [0.3, 0.4) is 0 Å². The Balaban J connectivity index is 2.24. The Bertz CT molecular complexity index is 574. The summed E-state index contributed by atoms with van der Waals surface area (Å²) in [6.07, 6.45) is 1.64. The monoisotopic (exact) mass is 199 g/mol. The molecule has 0 unspecified atom stereocenters. The maximum atomic E-state index is 5.73. The van der Waals surface area contributed by atoms with E-state index in [1.807, 2.05) is 24.3 Å². The van der Waals surface area contributed by atoms with Crippen molar-refractivity contribution in [1.29, 1.82) is 0 Å². The number of H-pyrrole nitrogens is 1. The number of rotatable bonds is 1. The van der Waals surface area contributed by atoms with Crippen molar-refractivity contribution in [3.63, 3.8) is 0 Å². The van der Waals surface area contributed by atoms with Gasteiger partial charge in [0, 0.05) is 6.07 Å². The van der Waals surface area contributed by atoms with Crippen molar-refractivity contribution in [2.75, 3.05) is 5.73 Å². The second kappa shape index (κ2) is 2.84. The first-order chi connectivity index (χ1) is 7.34. The number of benzene rings is 1. The Kier molecular flexibility index (Phi) is 1.53. The number of hydrogen-bond acceptors (Lipinski definition) is 3. The van der Waals surface area contributed by atoms with Gasteiger partial charge < -0.3 is 10.7 Å². The summed E-state index contributed by atoms with van der Waals surface area (Å²) in [5.74, 6) is 1.20. The molecule has 0 aliphatic carbocycles. The molecule has 74 valence electrons. The number of nitrogens with two attached hydrogens (primary N) is 1. The molecule has 0 saturated heterocycles. The number of hydrogen-bond donors (Lipinski definition) is 2. The molecule has 3 aromatic rings. The molecule has 5 nitrogen and oxygen atoms in total. The normalized spacial score (nSPS) is 10.9. The van der Waals surface area contributed by atoms with Gasteiger partial charge in [0.1, 0.15) is 5.82 Å². The first-order valence-corrected chi connectivity index (χ1v) is 4.59. The van der Waals surface area contributed by atoms with E-state index in [9.17, 15) is 0 Å². The quantitative estimate of drug-likeness (QED) is 0.621. The highest BCUT2D eigenvalue weighted by Crippen LogP contribution is 2.14. The topological polar surface area (TPSA) is 72.5 Å². The lowest BCUT2D eigenvalue weighted by molar-refractivity contribution is 0.839. The molecular formula is C10H9N5. The molecule has 0 aliphatic heterocycles. The van der Waals surface area contributed by atoms with E-state index in [1.165, 1.54) is 0 Å². The zero-order valence-corrected chi connectivity index (χ0v) is 7.88. The molecule has 3 rings (SSSR count). The van der Waals surface area contributed by atoms with E-state index >= 15 is 0 Å². The van der Waals surface area contributed by atoms with Crippen LogP contribution in [0.25, 0.3) is 17.0 Å². The molecule has 5 heteroatoms. The Morgan fingerprint density at radius 2 is 2.07 bits per heavy atom. The van der Waals surface area contributed by atoms with E-state index in [1.54, 1.807) is 16.9 Å². The van der Waals surface area contributed by atoms with Crippen LogP contribution in [0.15, 0.2) is 36.5 Å². The summed E-state index contributed by atoms with van der Waals surface area (Å²) >= 11 is 0. The first-order valence-electron chi connectivity index (χ1n) is 4.59. The largest absolute Gasteiger partial charge is 0.383 e. The van der Waals surface area contributed by atoms with Crippen molar-refractivity contribution in [2.45, 2.75) is 0 Å². The maximum Gasteiger partial charge on any atom is 0.230 e. The fourth-order valence-electron chi connectivity index (χ4n) is 1.53. The van der Waals surface area contributed by atoms with E-state index in [2.05, 4.69) is 15.1 Å². The molecule has 0 bridgehead atoms. The number of fused-ring (bicyclic) bond motifs is 1. The van der Waals surface area contributed by atoms with Crippen LogP contribution >= 0.6 is 0 Å². The summed E-state index contributed by atoms with van der Waals surface area (Å²) < 4.78 is 1.57. The number of aromatic amines is 1. The van der Waals surface area contributed by atoms with E-state index < -0.39 is 0 Å². The van der Waals surface area contributed by atoms with Gasteiger partial charge in [-0.3, -0.25) is 0 Å². The fraction of sp³-hybridized carbons (Fsp3) is 0. The zero-order chi connectivity index (χ0) is 10.3. The maximum absolute atomic E-state index is 5.73.